The molecule has 3 nitrogen and oxygen atoms in total. The minimum absolute atomic E-state index is 0.0239. The number of rotatable bonds is 2. The first kappa shape index (κ1) is 10.1. The van der Waals surface area contributed by atoms with Gasteiger partial charge in [0.2, 0.25) is 0 Å². The van der Waals surface area contributed by atoms with Gasteiger partial charge in [-0.3, -0.25) is 0 Å². The van der Waals surface area contributed by atoms with E-state index in [0.717, 1.165) is 19.0 Å². The molecular weight excluding hydrogens is 209 g/mol. The van der Waals surface area contributed by atoms with E-state index in [1.54, 1.807) is 0 Å². The molecule has 1 aliphatic rings. The zero-order chi connectivity index (χ0) is 11.1. The highest BCUT2D eigenvalue weighted by atomic mass is 19.4. The molecule has 1 fully saturated rings. The summed E-state index contributed by atoms with van der Waals surface area (Å²) >= 11 is 0. The standard InChI is InChI=1S/C9H9F3N2O/c10-9(11,12)8-7(15-5-1-2-5)6(13)3-4-14-8/h3-5H,1-2H2,(H2,13,14). The third-order valence-corrected chi connectivity index (χ3v) is 2.01. The van der Waals surface area contributed by atoms with E-state index in [1.165, 1.54) is 6.07 Å². The summed E-state index contributed by atoms with van der Waals surface area (Å²) in [7, 11) is 0. The lowest BCUT2D eigenvalue weighted by molar-refractivity contribution is -0.142. The minimum atomic E-state index is -4.53. The fourth-order valence-corrected chi connectivity index (χ4v) is 1.14. The van der Waals surface area contributed by atoms with Gasteiger partial charge in [0.25, 0.3) is 0 Å². The lowest BCUT2D eigenvalue weighted by atomic mass is 10.3. The second kappa shape index (κ2) is 3.29. The Kier molecular flexibility index (Phi) is 2.21. The van der Waals surface area contributed by atoms with Crippen LogP contribution in [0.1, 0.15) is 18.5 Å². The number of pyridine rings is 1. The van der Waals surface area contributed by atoms with Crippen molar-refractivity contribution in [3.05, 3.63) is 18.0 Å². The molecule has 0 bridgehead atoms. The summed E-state index contributed by atoms with van der Waals surface area (Å²) in [6.07, 6.45) is -2.10. The lowest BCUT2D eigenvalue weighted by Crippen LogP contribution is -2.13. The predicted octanol–water partition coefficient (Wildman–Crippen LogP) is 2.22. The van der Waals surface area contributed by atoms with Crippen molar-refractivity contribution < 1.29 is 17.9 Å². The first-order valence-corrected chi connectivity index (χ1v) is 4.47. The van der Waals surface area contributed by atoms with Crippen LogP contribution in [0.3, 0.4) is 0 Å². The van der Waals surface area contributed by atoms with Gasteiger partial charge in [0.1, 0.15) is 0 Å². The van der Waals surface area contributed by atoms with E-state index in [-0.39, 0.29) is 17.5 Å². The molecule has 0 aromatic carbocycles. The largest absolute Gasteiger partial charge is 0.486 e. The molecule has 2 rings (SSSR count). The molecule has 1 saturated carbocycles. The molecule has 0 spiro atoms. The summed E-state index contributed by atoms with van der Waals surface area (Å²) in [6, 6.07) is 1.30. The van der Waals surface area contributed by atoms with Gasteiger partial charge in [-0.1, -0.05) is 0 Å². The zero-order valence-electron chi connectivity index (χ0n) is 7.71. The van der Waals surface area contributed by atoms with Crippen LogP contribution < -0.4 is 10.5 Å². The summed E-state index contributed by atoms with van der Waals surface area (Å²) in [5, 5.41) is 0. The van der Waals surface area contributed by atoms with Crippen LogP contribution in [0.5, 0.6) is 5.75 Å². The van der Waals surface area contributed by atoms with E-state index < -0.39 is 11.9 Å². The summed E-state index contributed by atoms with van der Waals surface area (Å²) in [4.78, 5) is 3.26. The van der Waals surface area contributed by atoms with Gasteiger partial charge in [-0.2, -0.15) is 13.2 Å². The number of aromatic nitrogens is 1. The van der Waals surface area contributed by atoms with Crippen LogP contribution in [0.4, 0.5) is 18.9 Å². The molecule has 0 unspecified atom stereocenters. The summed E-state index contributed by atoms with van der Waals surface area (Å²) < 4.78 is 42.6. The molecule has 0 atom stereocenters. The molecule has 1 aromatic heterocycles. The molecule has 1 aliphatic carbocycles. The molecule has 0 saturated heterocycles. The van der Waals surface area contributed by atoms with Gasteiger partial charge in [-0.05, 0) is 18.9 Å². The molecule has 1 heterocycles. The number of hydrogen-bond donors (Lipinski definition) is 1. The van der Waals surface area contributed by atoms with Gasteiger partial charge in [-0.25, -0.2) is 4.98 Å². The number of alkyl halides is 3. The van der Waals surface area contributed by atoms with Crippen molar-refractivity contribution in [2.24, 2.45) is 0 Å². The Morgan fingerprint density at radius 2 is 2.07 bits per heavy atom. The molecule has 2 N–H and O–H groups in total. The average molecular weight is 218 g/mol. The highest BCUT2D eigenvalue weighted by Crippen LogP contribution is 2.40. The highest BCUT2D eigenvalue weighted by molar-refractivity contribution is 5.55. The Morgan fingerprint density at radius 1 is 1.40 bits per heavy atom. The average Bonchev–Trinajstić information content (AvgIpc) is 2.90. The smallest absolute Gasteiger partial charge is 0.437 e. The number of anilines is 1. The summed E-state index contributed by atoms with van der Waals surface area (Å²) in [5.74, 6) is -0.340. The van der Waals surface area contributed by atoms with Crippen molar-refractivity contribution in [1.82, 2.24) is 4.98 Å². The van der Waals surface area contributed by atoms with Crippen LogP contribution in [0.15, 0.2) is 12.3 Å². The molecule has 0 amide bonds. The number of ether oxygens (including phenoxy) is 1. The van der Waals surface area contributed by atoms with Crippen molar-refractivity contribution in [3.8, 4) is 5.75 Å². The molecule has 0 radical (unpaired) electrons. The third-order valence-electron chi connectivity index (χ3n) is 2.01. The highest BCUT2D eigenvalue weighted by Gasteiger charge is 2.39. The molecule has 6 heteroatoms. The molecule has 0 aliphatic heterocycles. The predicted molar refractivity (Wildman–Crippen MR) is 47.3 cm³/mol. The normalized spacial score (nSPS) is 16.5. The number of nitrogens with zero attached hydrogens (tertiary/aromatic N) is 1. The van der Waals surface area contributed by atoms with Crippen LogP contribution in [0.2, 0.25) is 0 Å². The van der Waals surface area contributed by atoms with E-state index in [2.05, 4.69) is 4.98 Å². The molecular formula is C9H9F3N2O. The Hall–Kier alpha value is -1.46. The fraction of sp³-hybridized carbons (Fsp3) is 0.444. The van der Waals surface area contributed by atoms with Gasteiger partial charge in [0, 0.05) is 6.20 Å². The van der Waals surface area contributed by atoms with Gasteiger partial charge < -0.3 is 10.5 Å². The van der Waals surface area contributed by atoms with E-state index >= 15 is 0 Å². The SMILES string of the molecule is Nc1ccnc(C(F)(F)F)c1OC1CC1. The topological polar surface area (TPSA) is 48.1 Å². The number of nitrogens with two attached hydrogens (primary N) is 1. The maximum atomic E-state index is 12.5. The van der Waals surface area contributed by atoms with Crippen molar-refractivity contribution in [1.29, 1.82) is 0 Å². The molecule has 15 heavy (non-hydrogen) atoms. The maximum absolute atomic E-state index is 12.5. The van der Waals surface area contributed by atoms with Crippen molar-refractivity contribution in [2.45, 2.75) is 25.1 Å². The Morgan fingerprint density at radius 3 is 2.60 bits per heavy atom. The first-order valence-electron chi connectivity index (χ1n) is 4.47. The number of hydrogen-bond acceptors (Lipinski definition) is 3. The monoisotopic (exact) mass is 218 g/mol. The van der Waals surface area contributed by atoms with Gasteiger partial charge in [-0.15, -0.1) is 0 Å². The summed E-state index contributed by atoms with van der Waals surface area (Å²) in [5.41, 5.74) is 4.36. The Labute approximate surface area is 84.1 Å². The lowest BCUT2D eigenvalue weighted by Gasteiger charge is -2.13. The maximum Gasteiger partial charge on any atom is 0.437 e. The van der Waals surface area contributed by atoms with E-state index in [4.69, 9.17) is 10.5 Å². The van der Waals surface area contributed by atoms with Crippen molar-refractivity contribution in [2.75, 3.05) is 5.73 Å². The Balaban J connectivity index is 2.38. The van der Waals surface area contributed by atoms with Crippen LogP contribution in [-0.4, -0.2) is 11.1 Å². The summed E-state index contributed by atoms with van der Waals surface area (Å²) in [6.45, 7) is 0. The molecule has 1 aromatic rings. The quantitative estimate of drug-likeness (QED) is 0.827. The van der Waals surface area contributed by atoms with Gasteiger partial charge in [0.15, 0.2) is 11.4 Å². The van der Waals surface area contributed by atoms with E-state index in [9.17, 15) is 13.2 Å². The number of halogens is 3. The van der Waals surface area contributed by atoms with Crippen LogP contribution in [0, 0.1) is 0 Å². The van der Waals surface area contributed by atoms with Gasteiger partial charge >= 0.3 is 6.18 Å². The second-order valence-electron chi connectivity index (χ2n) is 3.39. The van der Waals surface area contributed by atoms with E-state index in [0.29, 0.717) is 0 Å². The Bertz CT molecular complexity index is 374. The van der Waals surface area contributed by atoms with Gasteiger partial charge in [0.05, 0.1) is 11.8 Å². The van der Waals surface area contributed by atoms with Crippen molar-refractivity contribution >= 4 is 5.69 Å². The minimum Gasteiger partial charge on any atom is -0.486 e. The van der Waals surface area contributed by atoms with Crippen LogP contribution in [-0.2, 0) is 6.18 Å². The zero-order valence-corrected chi connectivity index (χ0v) is 7.71. The fourth-order valence-electron chi connectivity index (χ4n) is 1.14. The van der Waals surface area contributed by atoms with Crippen molar-refractivity contribution in [3.63, 3.8) is 0 Å². The molecule has 82 valence electrons. The van der Waals surface area contributed by atoms with E-state index in [1.807, 2.05) is 0 Å². The van der Waals surface area contributed by atoms with Crippen LogP contribution >= 0.6 is 0 Å². The van der Waals surface area contributed by atoms with Crippen LogP contribution in [0.25, 0.3) is 0 Å². The first-order chi connectivity index (χ1) is 6.98. The second-order valence-corrected chi connectivity index (χ2v) is 3.39. The number of nitrogen functional groups attached to an aromatic ring is 1. The third kappa shape index (κ3) is 2.14.